The summed E-state index contributed by atoms with van der Waals surface area (Å²) >= 11 is 0. The first-order valence-electron chi connectivity index (χ1n) is 5.55. The second kappa shape index (κ2) is 4.91. The molecule has 1 saturated heterocycles. The van der Waals surface area contributed by atoms with Gasteiger partial charge in [0.25, 0.3) is 0 Å². The van der Waals surface area contributed by atoms with Gasteiger partial charge in [0.1, 0.15) is 16.5 Å². The van der Waals surface area contributed by atoms with Crippen molar-refractivity contribution in [2.24, 2.45) is 0 Å². The van der Waals surface area contributed by atoms with E-state index >= 15 is 0 Å². The van der Waals surface area contributed by atoms with E-state index in [1.54, 1.807) is 0 Å². The summed E-state index contributed by atoms with van der Waals surface area (Å²) in [6.45, 7) is 1.73. The van der Waals surface area contributed by atoms with Crippen LogP contribution in [-0.4, -0.2) is 50.8 Å². The van der Waals surface area contributed by atoms with Crippen LogP contribution in [0.15, 0.2) is 23.1 Å². The average molecular weight is 276 g/mol. The van der Waals surface area contributed by atoms with Crippen LogP contribution in [0.4, 0.5) is 8.78 Å². The third-order valence-electron chi connectivity index (χ3n) is 2.97. The zero-order valence-corrected chi connectivity index (χ0v) is 10.8. The maximum atomic E-state index is 13.5. The van der Waals surface area contributed by atoms with Gasteiger partial charge in [-0.05, 0) is 25.2 Å². The standard InChI is InChI=1S/C11H14F2N2O2S/c1-14-4-6-15(7-5-14)18(16,17)11-8-9(12)2-3-10(11)13/h2-3,8H,4-7H2,1H3. The molecule has 4 nitrogen and oxygen atoms in total. The first kappa shape index (κ1) is 13.4. The maximum absolute atomic E-state index is 13.5. The lowest BCUT2D eigenvalue weighted by Gasteiger charge is -2.31. The Morgan fingerprint density at radius 3 is 2.33 bits per heavy atom. The summed E-state index contributed by atoms with van der Waals surface area (Å²) in [7, 11) is -2.07. The molecule has 0 aliphatic carbocycles. The van der Waals surface area contributed by atoms with Gasteiger partial charge in [-0.2, -0.15) is 4.31 Å². The van der Waals surface area contributed by atoms with Crippen LogP contribution in [0.3, 0.4) is 0 Å². The highest BCUT2D eigenvalue weighted by molar-refractivity contribution is 7.89. The Morgan fingerprint density at radius 2 is 1.72 bits per heavy atom. The lowest BCUT2D eigenvalue weighted by Crippen LogP contribution is -2.47. The smallest absolute Gasteiger partial charge is 0.246 e. The zero-order chi connectivity index (χ0) is 13.3. The van der Waals surface area contributed by atoms with E-state index in [1.165, 1.54) is 4.31 Å². The number of likely N-dealkylation sites (N-methyl/N-ethyl adjacent to an activating group) is 1. The van der Waals surface area contributed by atoms with Crippen LogP contribution in [0.25, 0.3) is 0 Å². The SMILES string of the molecule is CN1CCN(S(=O)(=O)c2cc(F)ccc2F)CC1. The van der Waals surface area contributed by atoms with Crippen molar-refractivity contribution < 1.29 is 17.2 Å². The topological polar surface area (TPSA) is 40.6 Å². The van der Waals surface area contributed by atoms with Gasteiger partial charge in [-0.1, -0.05) is 0 Å². The van der Waals surface area contributed by atoms with Gasteiger partial charge in [0, 0.05) is 26.2 Å². The Balaban J connectivity index is 2.33. The molecule has 0 N–H and O–H groups in total. The van der Waals surface area contributed by atoms with Gasteiger partial charge in [-0.15, -0.1) is 0 Å². The summed E-state index contributed by atoms with van der Waals surface area (Å²) in [5.74, 6) is -1.68. The lowest BCUT2D eigenvalue weighted by atomic mass is 10.3. The van der Waals surface area contributed by atoms with Gasteiger partial charge in [-0.3, -0.25) is 0 Å². The molecular formula is C11H14F2N2O2S. The second-order valence-electron chi connectivity index (χ2n) is 4.28. The van der Waals surface area contributed by atoms with Crippen molar-refractivity contribution in [2.75, 3.05) is 33.2 Å². The fraction of sp³-hybridized carbons (Fsp3) is 0.455. The fourth-order valence-electron chi connectivity index (χ4n) is 1.84. The Hall–Kier alpha value is -1.05. The van der Waals surface area contributed by atoms with E-state index in [2.05, 4.69) is 0 Å². The largest absolute Gasteiger partial charge is 0.304 e. The Kier molecular flexibility index (Phi) is 3.65. The number of halogens is 2. The number of sulfonamides is 1. The van der Waals surface area contributed by atoms with E-state index in [4.69, 9.17) is 0 Å². The highest BCUT2D eigenvalue weighted by Crippen LogP contribution is 2.21. The quantitative estimate of drug-likeness (QED) is 0.806. The van der Waals surface area contributed by atoms with Crippen LogP contribution < -0.4 is 0 Å². The van der Waals surface area contributed by atoms with E-state index in [1.807, 2.05) is 11.9 Å². The molecule has 0 unspecified atom stereocenters. The first-order chi connectivity index (χ1) is 8.41. The monoisotopic (exact) mass is 276 g/mol. The van der Waals surface area contributed by atoms with Gasteiger partial charge in [-0.25, -0.2) is 17.2 Å². The molecule has 1 aromatic carbocycles. The molecule has 0 saturated carbocycles. The molecular weight excluding hydrogens is 262 g/mol. The Morgan fingerprint density at radius 1 is 1.11 bits per heavy atom. The summed E-state index contributed by atoms with van der Waals surface area (Å²) in [6.07, 6.45) is 0. The molecule has 100 valence electrons. The van der Waals surface area contributed by atoms with Crippen molar-refractivity contribution in [2.45, 2.75) is 4.90 Å². The third kappa shape index (κ3) is 2.52. The molecule has 1 heterocycles. The van der Waals surface area contributed by atoms with Crippen molar-refractivity contribution in [3.63, 3.8) is 0 Å². The van der Waals surface area contributed by atoms with Crippen LogP contribution in [0.2, 0.25) is 0 Å². The van der Waals surface area contributed by atoms with Crippen LogP contribution in [0, 0.1) is 11.6 Å². The number of nitrogens with zero attached hydrogens (tertiary/aromatic N) is 2. The number of piperazine rings is 1. The molecule has 0 atom stereocenters. The van der Waals surface area contributed by atoms with Crippen molar-refractivity contribution in [3.05, 3.63) is 29.8 Å². The van der Waals surface area contributed by atoms with Crippen LogP contribution >= 0.6 is 0 Å². The zero-order valence-electron chi connectivity index (χ0n) is 9.94. The van der Waals surface area contributed by atoms with Crippen molar-refractivity contribution in [3.8, 4) is 0 Å². The van der Waals surface area contributed by atoms with Gasteiger partial charge >= 0.3 is 0 Å². The first-order valence-corrected chi connectivity index (χ1v) is 6.99. The summed E-state index contributed by atoms with van der Waals surface area (Å²) in [6, 6.07) is 2.46. The molecule has 1 aliphatic rings. The molecule has 1 fully saturated rings. The van der Waals surface area contributed by atoms with Gasteiger partial charge < -0.3 is 4.90 Å². The molecule has 18 heavy (non-hydrogen) atoms. The summed E-state index contributed by atoms with van der Waals surface area (Å²) in [5, 5.41) is 0. The van der Waals surface area contributed by atoms with Crippen LogP contribution in [0.5, 0.6) is 0 Å². The van der Waals surface area contributed by atoms with E-state index in [9.17, 15) is 17.2 Å². The molecule has 1 aromatic rings. The Bertz CT molecular complexity index is 540. The summed E-state index contributed by atoms with van der Waals surface area (Å²) in [4.78, 5) is 1.39. The maximum Gasteiger partial charge on any atom is 0.246 e. The molecule has 7 heteroatoms. The van der Waals surface area contributed by atoms with E-state index < -0.39 is 26.6 Å². The molecule has 0 bridgehead atoms. The number of rotatable bonds is 2. The summed E-state index contributed by atoms with van der Waals surface area (Å²) < 4.78 is 52.1. The molecule has 0 amide bonds. The average Bonchev–Trinajstić information content (AvgIpc) is 2.32. The normalized spacial score (nSPS) is 19.1. The number of hydrogen-bond donors (Lipinski definition) is 0. The molecule has 1 aliphatic heterocycles. The highest BCUT2D eigenvalue weighted by atomic mass is 32.2. The lowest BCUT2D eigenvalue weighted by molar-refractivity contribution is 0.222. The fourth-order valence-corrected chi connectivity index (χ4v) is 3.34. The minimum absolute atomic E-state index is 0.286. The summed E-state index contributed by atoms with van der Waals surface area (Å²) in [5.41, 5.74) is 0. The predicted molar refractivity (Wildman–Crippen MR) is 62.6 cm³/mol. The second-order valence-corrected chi connectivity index (χ2v) is 6.19. The minimum Gasteiger partial charge on any atom is -0.304 e. The van der Waals surface area contributed by atoms with E-state index in [-0.39, 0.29) is 13.1 Å². The van der Waals surface area contributed by atoms with Crippen molar-refractivity contribution in [1.29, 1.82) is 0 Å². The predicted octanol–water partition coefficient (Wildman–Crippen LogP) is 0.901. The Labute approximate surface area is 105 Å². The third-order valence-corrected chi connectivity index (χ3v) is 4.89. The van der Waals surface area contributed by atoms with Gasteiger partial charge in [0.2, 0.25) is 10.0 Å². The number of hydrogen-bond acceptors (Lipinski definition) is 3. The highest BCUT2D eigenvalue weighted by Gasteiger charge is 2.30. The van der Waals surface area contributed by atoms with Gasteiger partial charge in [0.15, 0.2) is 0 Å². The van der Waals surface area contributed by atoms with Crippen molar-refractivity contribution in [1.82, 2.24) is 9.21 Å². The minimum atomic E-state index is -3.95. The molecule has 0 aromatic heterocycles. The van der Waals surface area contributed by atoms with Gasteiger partial charge in [0.05, 0.1) is 0 Å². The number of benzene rings is 1. The molecule has 2 rings (SSSR count). The van der Waals surface area contributed by atoms with Crippen LogP contribution in [0.1, 0.15) is 0 Å². The van der Waals surface area contributed by atoms with E-state index in [0.717, 1.165) is 18.2 Å². The molecule has 0 radical (unpaired) electrons. The molecule has 0 spiro atoms. The van der Waals surface area contributed by atoms with E-state index in [0.29, 0.717) is 13.1 Å². The van der Waals surface area contributed by atoms with Crippen molar-refractivity contribution >= 4 is 10.0 Å². The van der Waals surface area contributed by atoms with Crippen LogP contribution in [-0.2, 0) is 10.0 Å².